The van der Waals surface area contributed by atoms with Gasteiger partial charge in [-0.15, -0.1) is 10.2 Å². The first-order chi connectivity index (χ1) is 12.3. The molecule has 2 aromatic rings. The first-order valence-electron chi connectivity index (χ1n) is 8.31. The average molecular weight is 396 g/mol. The molecule has 7 nitrogen and oxygen atoms in total. The smallest absolute Gasteiger partial charge is 0.227 e. The second-order valence-corrected chi connectivity index (χ2v) is 8.62. The summed E-state index contributed by atoms with van der Waals surface area (Å²) in [5.74, 6) is 1.29. The van der Waals surface area contributed by atoms with Crippen molar-refractivity contribution in [3.05, 3.63) is 46.8 Å². The Morgan fingerprint density at radius 3 is 2.62 bits per heavy atom. The van der Waals surface area contributed by atoms with E-state index in [0.29, 0.717) is 12.4 Å². The Labute approximate surface area is 158 Å². The van der Waals surface area contributed by atoms with Crippen molar-refractivity contribution < 1.29 is 8.42 Å². The van der Waals surface area contributed by atoms with Gasteiger partial charge in [-0.2, -0.15) is 0 Å². The number of nitrogens with zero attached hydrogens (tertiary/aromatic N) is 4. The van der Waals surface area contributed by atoms with Gasteiger partial charge in [0.05, 0.1) is 12.3 Å². The van der Waals surface area contributed by atoms with Crippen molar-refractivity contribution in [2.75, 3.05) is 24.2 Å². The van der Waals surface area contributed by atoms with Gasteiger partial charge in [-0.3, -0.25) is 4.57 Å². The Bertz CT molecular complexity index is 938. The van der Waals surface area contributed by atoms with Crippen LogP contribution in [0.2, 0.25) is 5.02 Å². The number of nitrogens with one attached hydrogen (secondary N) is 1. The fourth-order valence-corrected chi connectivity index (χ4v) is 4.18. The van der Waals surface area contributed by atoms with Gasteiger partial charge in [-0.25, -0.2) is 13.1 Å². The van der Waals surface area contributed by atoms with Gasteiger partial charge in [0.1, 0.15) is 0 Å². The third kappa shape index (κ3) is 4.08. The van der Waals surface area contributed by atoms with Crippen molar-refractivity contribution in [2.45, 2.75) is 19.4 Å². The van der Waals surface area contributed by atoms with Gasteiger partial charge < -0.3 is 4.90 Å². The lowest BCUT2D eigenvalue weighted by molar-refractivity contribution is 0.558. The van der Waals surface area contributed by atoms with Crippen LogP contribution in [0.4, 0.5) is 5.95 Å². The van der Waals surface area contributed by atoms with Crippen LogP contribution in [0.25, 0.3) is 5.57 Å². The minimum absolute atomic E-state index is 0.449. The van der Waals surface area contributed by atoms with Crippen LogP contribution in [-0.2, 0) is 17.1 Å². The van der Waals surface area contributed by atoms with E-state index in [1.165, 1.54) is 5.57 Å². The molecule has 0 amide bonds. The molecule has 2 heterocycles. The second-order valence-electron chi connectivity index (χ2n) is 6.43. The molecular weight excluding hydrogens is 374 g/mol. The summed E-state index contributed by atoms with van der Waals surface area (Å²) in [6, 6.07) is 7.39. The Kier molecular flexibility index (Phi) is 5.36. The van der Waals surface area contributed by atoms with E-state index in [0.717, 1.165) is 35.8 Å². The predicted molar refractivity (Wildman–Crippen MR) is 104 cm³/mol. The van der Waals surface area contributed by atoms with Gasteiger partial charge in [0.25, 0.3) is 0 Å². The predicted octanol–water partition coefficient (Wildman–Crippen LogP) is 2.37. The highest BCUT2D eigenvalue weighted by Gasteiger charge is 2.23. The number of hydrogen-bond acceptors (Lipinski definition) is 5. The molecule has 1 aromatic heterocycles. The molecule has 0 fully saturated rings. The maximum absolute atomic E-state index is 11.4. The molecule has 26 heavy (non-hydrogen) atoms. The van der Waals surface area contributed by atoms with E-state index in [9.17, 15) is 8.42 Å². The molecule has 0 saturated carbocycles. The van der Waals surface area contributed by atoms with Crippen LogP contribution >= 0.6 is 11.6 Å². The molecule has 1 atom stereocenters. The first-order valence-corrected chi connectivity index (χ1v) is 10.6. The molecular formula is C17H22ClN5O2S. The van der Waals surface area contributed by atoms with Crippen LogP contribution in [-0.4, -0.2) is 42.5 Å². The Balaban J connectivity index is 1.77. The molecule has 140 valence electrons. The SMILES string of the molecule is CC(NS(C)(=O)=O)c1nnc(N2CC=C(c3ccccc3Cl)CC2)n1C. The topological polar surface area (TPSA) is 80.1 Å². The molecule has 1 aliphatic rings. The minimum Gasteiger partial charge on any atom is -0.337 e. The Hall–Kier alpha value is -1.90. The molecule has 1 N–H and O–H groups in total. The fraction of sp³-hybridized carbons (Fsp3) is 0.412. The van der Waals surface area contributed by atoms with E-state index < -0.39 is 16.1 Å². The lowest BCUT2D eigenvalue weighted by Crippen LogP contribution is -2.31. The van der Waals surface area contributed by atoms with Crippen molar-refractivity contribution >= 4 is 33.1 Å². The first kappa shape index (κ1) is 18.9. The summed E-state index contributed by atoms with van der Waals surface area (Å²) in [7, 11) is -1.47. The second kappa shape index (κ2) is 7.38. The van der Waals surface area contributed by atoms with Crippen molar-refractivity contribution in [3.8, 4) is 0 Å². The van der Waals surface area contributed by atoms with E-state index in [1.807, 2.05) is 35.9 Å². The highest BCUT2D eigenvalue weighted by atomic mass is 35.5. The third-order valence-electron chi connectivity index (χ3n) is 4.38. The van der Waals surface area contributed by atoms with E-state index in [4.69, 9.17) is 11.6 Å². The summed E-state index contributed by atoms with van der Waals surface area (Å²) in [5.41, 5.74) is 2.29. The maximum Gasteiger partial charge on any atom is 0.227 e. The van der Waals surface area contributed by atoms with E-state index in [-0.39, 0.29) is 0 Å². The lowest BCUT2D eigenvalue weighted by Gasteiger charge is -2.27. The molecule has 0 saturated heterocycles. The van der Waals surface area contributed by atoms with Crippen LogP contribution in [0.3, 0.4) is 0 Å². The number of rotatable bonds is 5. The fourth-order valence-electron chi connectivity index (χ4n) is 3.18. The number of hydrogen-bond donors (Lipinski definition) is 1. The molecule has 3 rings (SSSR count). The average Bonchev–Trinajstić information content (AvgIpc) is 2.96. The van der Waals surface area contributed by atoms with Crippen LogP contribution in [0.15, 0.2) is 30.3 Å². The summed E-state index contributed by atoms with van der Waals surface area (Å²) < 4.78 is 27.2. The zero-order chi connectivity index (χ0) is 18.9. The van der Waals surface area contributed by atoms with Crippen molar-refractivity contribution in [3.63, 3.8) is 0 Å². The zero-order valence-electron chi connectivity index (χ0n) is 15.0. The summed E-state index contributed by atoms with van der Waals surface area (Å²) in [6.07, 6.45) is 4.13. The van der Waals surface area contributed by atoms with Crippen molar-refractivity contribution in [1.29, 1.82) is 0 Å². The van der Waals surface area contributed by atoms with Gasteiger partial charge in [-0.1, -0.05) is 35.9 Å². The molecule has 0 spiro atoms. The number of anilines is 1. The van der Waals surface area contributed by atoms with Crippen molar-refractivity contribution in [2.24, 2.45) is 7.05 Å². The number of sulfonamides is 1. The van der Waals surface area contributed by atoms with E-state index in [2.05, 4.69) is 25.9 Å². The largest absolute Gasteiger partial charge is 0.337 e. The quantitative estimate of drug-likeness (QED) is 0.840. The van der Waals surface area contributed by atoms with Gasteiger partial charge in [0.2, 0.25) is 16.0 Å². The van der Waals surface area contributed by atoms with Crippen LogP contribution in [0, 0.1) is 0 Å². The molecule has 1 aromatic carbocycles. The molecule has 0 radical (unpaired) electrons. The third-order valence-corrected chi connectivity index (χ3v) is 5.49. The van der Waals surface area contributed by atoms with Crippen LogP contribution in [0.5, 0.6) is 0 Å². The van der Waals surface area contributed by atoms with Gasteiger partial charge >= 0.3 is 0 Å². The summed E-state index contributed by atoms with van der Waals surface area (Å²) in [6.45, 7) is 3.23. The van der Waals surface area contributed by atoms with Gasteiger partial charge in [0, 0.05) is 25.2 Å². The van der Waals surface area contributed by atoms with E-state index >= 15 is 0 Å². The normalized spacial score (nSPS) is 16.5. The van der Waals surface area contributed by atoms with E-state index in [1.54, 1.807) is 6.92 Å². The zero-order valence-corrected chi connectivity index (χ0v) is 16.5. The van der Waals surface area contributed by atoms with Crippen LogP contribution < -0.4 is 9.62 Å². The summed E-state index contributed by atoms with van der Waals surface area (Å²) >= 11 is 6.29. The Morgan fingerprint density at radius 1 is 1.27 bits per heavy atom. The lowest BCUT2D eigenvalue weighted by atomic mass is 9.99. The number of benzene rings is 1. The highest BCUT2D eigenvalue weighted by molar-refractivity contribution is 7.88. The molecule has 1 aliphatic heterocycles. The molecule has 0 bridgehead atoms. The van der Waals surface area contributed by atoms with Gasteiger partial charge in [-0.05, 0) is 30.5 Å². The molecule has 0 aliphatic carbocycles. The van der Waals surface area contributed by atoms with Crippen molar-refractivity contribution in [1.82, 2.24) is 19.5 Å². The molecule has 1 unspecified atom stereocenters. The number of aromatic nitrogens is 3. The Morgan fingerprint density at radius 2 is 2.00 bits per heavy atom. The van der Waals surface area contributed by atoms with Crippen LogP contribution in [0.1, 0.15) is 30.8 Å². The summed E-state index contributed by atoms with van der Waals surface area (Å²) in [5, 5.41) is 9.18. The monoisotopic (exact) mass is 395 g/mol. The number of halogens is 1. The summed E-state index contributed by atoms with van der Waals surface area (Å²) in [4.78, 5) is 2.12. The highest BCUT2D eigenvalue weighted by Crippen LogP contribution is 2.29. The molecule has 9 heteroatoms. The standard InChI is InChI=1S/C17H22ClN5O2S/c1-12(21-26(3,24)25)16-19-20-17(22(16)2)23-10-8-13(9-11-23)14-6-4-5-7-15(14)18/h4-8,12,21H,9-11H2,1-3H3. The van der Waals surface area contributed by atoms with Gasteiger partial charge in [0.15, 0.2) is 5.82 Å². The maximum atomic E-state index is 11.4. The minimum atomic E-state index is -3.31.